The third-order valence-electron chi connectivity index (χ3n) is 3.43. The van der Waals surface area contributed by atoms with Crippen LogP contribution in [-0.4, -0.2) is 34.9 Å². The molecule has 0 spiro atoms. The molecule has 1 amide bonds. The number of hydrogen-bond donors (Lipinski definition) is 0. The van der Waals surface area contributed by atoms with Gasteiger partial charge in [-0.3, -0.25) is 14.3 Å². The number of halogens is 1. The minimum Gasteiger partial charge on any atom is -0.274 e. The summed E-state index contributed by atoms with van der Waals surface area (Å²) in [6.07, 6.45) is 0. The second-order valence-corrected chi connectivity index (χ2v) is 5.19. The summed E-state index contributed by atoms with van der Waals surface area (Å²) in [4.78, 5) is 17.2. The van der Waals surface area contributed by atoms with Gasteiger partial charge in [-0.25, -0.2) is 5.06 Å². The number of carbonyl (C=O) groups is 1. The lowest BCUT2D eigenvalue weighted by molar-refractivity contribution is -0.0757. The van der Waals surface area contributed by atoms with Crippen LogP contribution in [-0.2, 0) is 11.4 Å². The Balaban J connectivity index is 2.36. The minimum absolute atomic E-state index is 0.210. The molecule has 1 aromatic heterocycles. The molecule has 6 heteroatoms. The van der Waals surface area contributed by atoms with E-state index < -0.39 is 0 Å². The van der Waals surface area contributed by atoms with E-state index in [0.717, 1.165) is 11.3 Å². The van der Waals surface area contributed by atoms with Crippen molar-refractivity contribution in [3.05, 3.63) is 51.8 Å². The van der Waals surface area contributed by atoms with Gasteiger partial charge in [0.25, 0.3) is 5.91 Å². The van der Waals surface area contributed by atoms with Crippen molar-refractivity contribution in [2.45, 2.75) is 20.4 Å². The molecule has 21 heavy (non-hydrogen) atoms. The first-order chi connectivity index (χ1) is 9.95. The van der Waals surface area contributed by atoms with E-state index in [0.29, 0.717) is 22.8 Å². The number of amides is 1. The Labute approximate surface area is 129 Å². The highest BCUT2D eigenvalue weighted by molar-refractivity contribution is 6.31. The summed E-state index contributed by atoms with van der Waals surface area (Å²) in [5.41, 5.74) is 2.99. The summed E-state index contributed by atoms with van der Waals surface area (Å²) in [5.74, 6) is -0.210. The molecule has 1 heterocycles. The van der Waals surface area contributed by atoms with Crippen LogP contribution in [0.3, 0.4) is 0 Å². The number of aromatic nitrogens is 2. The van der Waals surface area contributed by atoms with Crippen LogP contribution in [0.25, 0.3) is 0 Å². The van der Waals surface area contributed by atoms with Gasteiger partial charge >= 0.3 is 0 Å². The van der Waals surface area contributed by atoms with Gasteiger partial charge in [-0.15, -0.1) is 0 Å². The average molecular weight is 308 g/mol. The second kappa shape index (κ2) is 6.28. The quantitative estimate of drug-likeness (QED) is 0.816. The van der Waals surface area contributed by atoms with Crippen LogP contribution < -0.4 is 0 Å². The molecule has 5 nitrogen and oxygen atoms in total. The van der Waals surface area contributed by atoms with Crippen molar-refractivity contribution in [3.63, 3.8) is 0 Å². The molecule has 2 aromatic rings. The number of benzene rings is 1. The maximum atomic E-state index is 12.3. The number of rotatable bonds is 4. The minimum atomic E-state index is -0.210. The summed E-state index contributed by atoms with van der Waals surface area (Å²) >= 11 is 6.17. The number of nitrogens with zero attached hydrogens (tertiary/aromatic N) is 3. The van der Waals surface area contributed by atoms with Crippen LogP contribution in [0.15, 0.2) is 24.3 Å². The van der Waals surface area contributed by atoms with Crippen molar-refractivity contribution < 1.29 is 9.63 Å². The summed E-state index contributed by atoms with van der Waals surface area (Å²) in [5, 5.41) is 6.32. The molecule has 112 valence electrons. The zero-order valence-electron chi connectivity index (χ0n) is 12.6. The fraction of sp³-hybridized carbons (Fsp3) is 0.333. The van der Waals surface area contributed by atoms with E-state index in [1.165, 1.54) is 12.2 Å². The van der Waals surface area contributed by atoms with Crippen molar-refractivity contribution in [2.75, 3.05) is 14.2 Å². The molecular formula is C15H18ClN3O2. The van der Waals surface area contributed by atoms with Crippen LogP contribution in [0.1, 0.15) is 27.3 Å². The van der Waals surface area contributed by atoms with Gasteiger partial charge in [-0.2, -0.15) is 5.10 Å². The van der Waals surface area contributed by atoms with Gasteiger partial charge in [0.15, 0.2) is 0 Å². The van der Waals surface area contributed by atoms with Crippen molar-refractivity contribution >= 4 is 17.5 Å². The fourth-order valence-electron chi connectivity index (χ4n) is 2.19. The number of carbonyl (C=O) groups excluding carboxylic acids is 1. The predicted octanol–water partition coefficient (Wildman–Crippen LogP) is 2.84. The van der Waals surface area contributed by atoms with Gasteiger partial charge < -0.3 is 0 Å². The smallest absolute Gasteiger partial charge is 0.274 e. The lowest BCUT2D eigenvalue weighted by atomic mass is 10.2. The summed E-state index contributed by atoms with van der Waals surface area (Å²) in [6.45, 7) is 4.21. The van der Waals surface area contributed by atoms with E-state index in [2.05, 4.69) is 5.10 Å². The molecule has 0 aliphatic carbocycles. The Bertz CT molecular complexity index is 667. The fourth-order valence-corrected chi connectivity index (χ4v) is 2.38. The summed E-state index contributed by atoms with van der Waals surface area (Å²) in [6, 6.07) is 7.60. The van der Waals surface area contributed by atoms with Gasteiger partial charge in [0.05, 0.1) is 24.9 Å². The lowest BCUT2D eigenvalue weighted by Crippen LogP contribution is -2.26. The van der Waals surface area contributed by atoms with Gasteiger partial charge in [-0.05, 0) is 25.5 Å². The van der Waals surface area contributed by atoms with Gasteiger partial charge in [0.1, 0.15) is 0 Å². The van der Waals surface area contributed by atoms with Crippen molar-refractivity contribution in [1.29, 1.82) is 0 Å². The molecule has 2 rings (SSSR count). The lowest BCUT2D eigenvalue weighted by Gasteiger charge is -2.13. The van der Waals surface area contributed by atoms with Crippen LogP contribution in [0.4, 0.5) is 0 Å². The van der Waals surface area contributed by atoms with Crippen LogP contribution in [0.5, 0.6) is 0 Å². The number of hydroxylamine groups is 2. The third kappa shape index (κ3) is 3.09. The summed E-state index contributed by atoms with van der Waals surface area (Å²) < 4.78 is 1.78. The van der Waals surface area contributed by atoms with Gasteiger partial charge in [0, 0.05) is 17.8 Å². The molecule has 0 aliphatic heterocycles. The third-order valence-corrected chi connectivity index (χ3v) is 3.80. The zero-order chi connectivity index (χ0) is 15.6. The molecule has 0 radical (unpaired) electrons. The molecule has 0 saturated carbocycles. The van der Waals surface area contributed by atoms with Crippen molar-refractivity contribution in [3.8, 4) is 0 Å². The molecule has 0 fully saturated rings. The van der Waals surface area contributed by atoms with E-state index >= 15 is 0 Å². The first kappa shape index (κ1) is 15.5. The molecular weight excluding hydrogens is 290 g/mol. The predicted molar refractivity (Wildman–Crippen MR) is 81.4 cm³/mol. The maximum absolute atomic E-state index is 12.3. The van der Waals surface area contributed by atoms with Crippen molar-refractivity contribution in [1.82, 2.24) is 14.8 Å². The van der Waals surface area contributed by atoms with Crippen molar-refractivity contribution in [2.24, 2.45) is 0 Å². The van der Waals surface area contributed by atoms with Crippen LogP contribution in [0.2, 0.25) is 5.02 Å². The Kier molecular flexibility index (Phi) is 4.65. The molecule has 0 aliphatic rings. The molecule has 0 saturated heterocycles. The first-order valence-electron chi connectivity index (χ1n) is 6.55. The largest absolute Gasteiger partial charge is 0.280 e. The van der Waals surface area contributed by atoms with Gasteiger partial charge in [-0.1, -0.05) is 29.8 Å². The normalized spacial score (nSPS) is 10.7. The molecule has 0 atom stereocenters. The van der Waals surface area contributed by atoms with E-state index in [1.54, 1.807) is 11.7 Å². The second-order valence-electron chi connectivity index (χ2n) is 4.78. The van der Waals surface area contributed by atoms with E-state index in [-0.39, 0.29) is 5.91 Å². The molecule has 1 aromatic carbocycles. The van der Waals surface area contributed by atoms with Gasteiger partial charge in [0.2, 0.25) is 0 Å². The number of hydrogen-bond acceptors (Lipinski definition) is 3. The zero-order valence-corrected chi connectivity index (χ0v) is 13.3. The van der Waals surface area contributed by atoms with E-state index in [9.17, 15) is 4.79 Å². The molecule has 0 unspecified atom stereocenters. The average Bonchev–Trinajstić information content (AvgIpc) is 2.74. The number of aryl methyl sites for hydroxylation is 1. The molecule has 0 bridgehead atoms. The van der Waals surface area contributed by atoms with Crippen LogP contribution in [0, 0.1) is 13.8 Å². The molecule has 0 N–H and O–H groups in total. The standard InChI is InChI=1S/C15H18ClN3O2/c1-10-14(15(20)18(3)21-4)11(2)19(17-10)9-12-7-5-6-8-13(12)16/h5-8H,9H2,1-4H3. The first-order valence-corrected chi connectivity index (χ1v) is 6.93. The Morgan fingerprint density at radius 3 is 2.67 bits per heavy atom. The SMILES string of the molecule is CON(C)C(=O)c1c(C)nn(Cc2ccccc2Cl)c1C. The Morgan fingerprint density at radius 1 is 1.38 bits per heavy atom. The van der Waals surface area contributed by atoms with Crippen LogP contribution >= 0.6 is 11.6 Å². The topological polar surface area (TPSA) is 47.4 Å². The highest BCUT2D eigenvalue weighted by Crippen LogP contribution is 2.20. The van der Waals surface area contributed by atoms with E-state index in [1.807, 2.05) is 38.1 Å². The Hall–Kier alpha value is -1.85. The summed E-state index contributed by atoms with van der Waals surface area (Å²) in [7, 11) is 3.03. The monoisotopic (exact) mass is 307 g/mol. The highest BCUT2D eigenvalue weighted by atomic mass is 35.5. The van der Waals surface area contributed by atoms with E-state index in [4.69, 9.17) is 16.4 Å². The Morgan fingerprint density at radius 2 is 2.05 bits per heavy atom. The maximum Gasteiger partial charge on any atom is 0.280 e. The highest BCUT2D eigenvalue weighted by Gasteiger charge is 2.22.